The van der Waals surface area contributed by atoms with E-state index in [0.717, 1.165) is 0 Å². The zero-order valence-electron chi connectivity index (χ0n) is 6.24. The Hall–Kier alpha value is 2.25. The van der Waals surface area contributed by atoms with Gasteiger partial charge in [-0.2, -0.15) is 0 Å². The summed E-state index contributed by atoms with van der Waals surface area (Å²) >= 11 is 0. The SMILES string of the molecule is [K+].[K+].[O-]c1ccccc1.[OH-]. The summed E-state index contributed by atoms with van der Waals surface area (Å²) in [5.74, 6) is 0.0718. The van der Waals surface area contributed by atoms with E-state index in [-0.39, 0.29) is 114 Å². The van der Waals surface area contributed by atoms with Crippen molar-refractivity contribution >= 4 is 0 Å². The number of benzene rings is 1. The van der Waals surface area contributed by atoms with Crippen LogP contribution in [0.4, 0.5) is 0 Å². The van der Waals surface area contributed by atoms with Crippen LogP contribution in [-0.2, 0) is 0 Å². The first-order valence-corrected chi connectivity index (χ1v) is 2.11. The third-order valence-corrected chi connectivity index (χ3v) is 0.743. The van der Waals surface area contributed by atoms with Crippen LogP contribution in [0.1, 0.15) is 0 Å². The molecule has 0 aliphatic rings. The maximum Gasteiger partial charge on any atom is 1.00 e. The van der Waals surface area contributed by atoms with Crippen molar-refractivity contribution in [2.45, 2.75) is 0 Å². The predicted molar refractivity (Wildman–Crippen MR) is 27.8 cm³/mol. The molecule has 4 heteroatoms. The van der Waals surface area contributed by atoms with Gasteiger partial charge < -0.3 is 10.6 Å². The predicted octanol–water partition coefficient (Wildman–Crippen LogP) is -5.41. The summed E-state index contributed by atoms with van der Waals surface area (Å²) in [5, 5.41) is 10.3. The van der Waals surface area contributed by atoms with Gasteiger partial charge in [0, 0.05) is 0 Å². The quantitative estimate of drug-likeness (QED) is 0.382. The molecule has 0 bridgehead atoms. The fourth-order valence-corrected chi connectivity index (χ4v) is 0.420. The molecule has 0 spiro atoms. The van der Waals surface area contributed by atoms with Gasteiger partial charge in [-0.25, -0.2) is 0 Å². The van der Waals surface area contributed by atoms with E-state index in [2.05, 4.69) is 0 Å². The van der Waals surface area contributed by atoms with Gasteiger partial charge in [0.2, 0.25) is 0 Å². The summed E-state index contributed by atoms with van der Waals surface area (Å²) in [6.45, 7) is 0. The van der Waals surface area contributed by atoms with Crippen LogP contribution in [-0.4, -0.2) is 5.48 Å². The number of para-hydroxylation sites is 1. The largest absolute Gasteiger partial charge is 1.00 e. The summed E-state index contributed by atoms with van der Waals surface area (Å²) < 4.78 is 0. The molecule has 0 amide bonds. The first-order chi connectivity index (χ1) is 3.39. The van der Waals surface area contributed by atoms with Gasteiger partial charge in [0.15, 0.2) is 0 Å². The zero-order valence-corrected chi connectivity index (χ0v) is 12.5. The Morgan fingerprint density at radius 3 is 1.50 bits per heavy atom. The van der Waals surface area contributed by atoms with Crippen molar-refractivity contribution in [3.8, 4) is 5.75 Å². The molecule has 0 radical (unpaired) electrons. The number of rotatable bonds is 0. The Morgan fingerprint density at radius 1 is 0.900 bits per heavy atom. The van der Waals surface area contributed by atoms with Gasteiger partial charge in [-0.1, -0.05) is 30.3 Å². The van der Waals surface area contributed by atoms with Crippen LogP contribution in [0.3, 0.4) is 0 Å². The first-order valence-electron chi connectivity index (χ1n) is 2.11. The van der Waals surface area contributed by atoms with Gasteiger partial charge in [0.1, 0.15) is 0 Å². The van der Waals surface area contributed by atoms with E-state index in [0.29, 0.717) is 0 Å². The van der Waals surface area contributed by atoms with Crippen molar-refractivity contribution in [2.75, 3.05) is 0 Å². The molecule has 10 heavy (non-hydrogen) atoms. The van der Waals surface area contributed by atoms with Crippen LogP contribution >= 0.6 is 0 Å². The molecule has 0 fully saturated rings. The molecule has 0 saturated carbocycles. The summed E-state index contributed by atoms with van der Waals surface area (Å²) in [6, 6.07) is 8.33. The molecule has 44 valence electrons. The number of hydrogen-bond acceptors (Lipinski definition) is 2. The van der Waals surface area contributed by atoms with Crippen LogP contribution in [0.25, 0.3) is 0 Å². The average Bonchev–Trinajstić information content (AvgIpc) is 1.69. The van der Waals surface area contributed by atoms with E-state index in [1.807, 2.05) is 6.07 Å². The molecular formula is C6H6K2O2. The average molecular weight is 188 g/mol. The van der Waals surface area contributed by atoms with E-state index in [1.165, 1.54) is 12.1 Å². The molecule has 1 rings (SSSR count). The van der Waals surface area contributed by atoms with Gasteiger partial charge in [0.25, 0.3) is 0 Å². The second-order valence-electron chi connectivity index (χ2n) is 1.31. The summed E-state index contributed by atoms with van der Waals surface area (Å²) in [6.07, 6.45) is 0. The Kier molecular flexibility index (Phi) is 20.4. The normalized spacial score (nSPS) is 6.00. The molecule has 1 aromatic rings. The molecule has 0 unspecified atom stereocenters. The third-order valence-electron chi connectivity index (χ3n) is 0.743. The minimum atomic E-state index is 0. The van der Waals surface area contributed by atoms with Gasteiger partial charge in [-0.05, 0) is 0 Å². The van der Waals surface area contributed by atoms with Crippen LogP contribution < -0.4 is 108 Å². The molecule has 1 aromatic carbocycles. The first kappa shape index (κ1) is 18.1. The Balaban J connectivity index is -0.000000163. The fourth-order valence-electron chi connectivity index (χ4n) is 0.420. The van der Waals surface area contributed by atoms with Crippen LogP contribution in [0, 0.1) is 0 Å². The van der Waals surface area contributed by atoms with Gasteiger partial charge in [0.05, 0.1) is 0 Å². The van der Waals surface area contributed by atoms with E-state index in [9.17, 15) is 5.11 Å². The smallest absolute Gasteiger partial charge is 0.872 e. The van der Waals surface area contributed by atoms with Crippen molar-refractivity contribution in [1.29, 1.82) is 0 Å². The van der Waals surface area contributed by atoms with Crippen molar-refractivity contribution < 1.29 is 113 Å². The second kappa shape index (κ2) is 11.3. The zero-order chi connectivity index (χ0) is 5.11. The minimum absolute atomic E-state index is 0. The van der Waals surface area contributed by atoms with Gasteiger partial charge >= 0.3 is 103 Å². The maximum atomic E-state index is 10.3. The van der Waals surface area contributed by atoms with Crippen molar-refractivity contribution in [3.05, 3.63) is 30.3 Å². The van der Waals surface area contributed by atoms with Gasteiger partial charge in [-0.15, -0.1) is 5.75 Å². The molecule has 0 saturated heterocycles. The van der Waals surface area contributed by atoms with E-state index >= 15 is 0 Å². The van der Waals surface area contributed by atoms with Gasteiger partial charge in [-0.3, -0.25) is 0 Å². The number of hydrogen-bond donors (Lipinski definition) is 0. The molecule has 1 N–H and O–H groups in total. The third kappa shape index (κ3) is 8.35. The molecule has 2 nitrogen and oxygen atoms in total. The summed E-state index contributed by atoms with van der Waals surface area (Å²) in [5.41, 5.74) is 0. The Bertz CT molecular complexity index is 144. The van der Waals surface area contributed by atoms with Crippen molar-refractivity contribution in [2.24, 2.45) is 0 Å². The Morgan fingerprint density at radius 2 is 1.30 bits per heavy atom. The van der Waals surface area contributed by atoms with Crippen LogP contribution in [0.5, 0.6) is 5.75 Å². The van der Waals surface area contributed by atoms with E-state index in [1.54, 1.807) is 12.1 Å². The molecule has 0 aromatic heterocycles. The molecule has 0 atom stereocenters. The molecular weight excluding hydrogens is 182 g/mol. The van der Waals surface area contributed by atoms with Crippen LogP contribution in [0.15, 0.2) is 30.3 Å². The van der Waals surface area contributed by atoms with Crippen LogP contribution in [0.2, 0.25) is 0 Å². The molecule has 0 aliphatic heterocycles. The fraction of sp³-hybridized carbons (Fsp3) is 0. The van der Waals surface area contributed by atoms with Crippen molar-refractivity contribution in [1.82, 2.24) is 0 Å². The Labute approximate surface area is 146 Å². The topological polar surface area (TPSA) is 53.1 Å². The van der Waals surface area contributed by atoms with E-state index in [4.69, 9.17) is 0 Å². The van der Waals surface area contributed by atoms with Crippen molar-refractivity contribution in [3.63, 3.8) is 0 Å². The summed E-state index contributed by atoms with van der Waals surface area (Å²) in [4.78, 5) is 0. The maximum absolute atomic E-state index is 10.3. The standard InChI is InChI=1S/C6H6O.2K.H2O/c7-6-4-2-1-3-5-6;;;/h1-5,7H;;;1H2/q;2*+1;/p-2. The molecule has 0 heterocycles. The second-order valence-corrected chi connectivity index (χ2v) is 1.31. The minimum Gasteiger partial charge on any atom is -0.872 e. The summed E-state index contributed by atoms with van der Waals surface area (Å²) in [7, 11) is 0. The molecule has 0 aliphatic carbocycles. The van der Waals surface area contributed by atoms with E-state index < -0.39 is 0 Å². The monoisotopic (exact) mass is 188 g/mol.